The minimum atomic E-state index is -0.541. The molecule has 0 radical (unpaired) electrons. The molecular weight excluding hydrogens is 333 g/mol. The third-order valence-electron chi connectivity index (χ3n) is 3.86. The van der Waals surface area contributed by atoms with Crippen molar-refractivity contribution in [2.24, 2.45) is 0 Å². The van der Waals surface area contributed by atoms with Crippen LogP contribution >= 0.6 is 0 Å². The Kier molecular flexibility index (Phi) is 6.48. The van der Waals surface area contributed by atoms with Crippen molar-refractivity contribution in [1.29, 1.82) is 0 Å². The number of rotatable bonds is 6. The lowest BCUT2D eigenvalue weighted by molar-refractivity contribution is -0.122. The summed E-state index contributed by atoms with van der Waals surface area (Å²) in [4.78, 5) is 26.0. The van der Waals surface area contributed by atoms with Crippen molar-refractivity contribution in [3.8, 4) is 12.3 Å². The van der Waals surface area contributed by atoms with Crippen molar-refractivity contribution < 1.29 is 14.0 Å². The second-order valence-corrected chi connectivity index (χ2v) is 5.86. The van der Waals surface area contributed by atoms with Crippen molar-refractivity contribution >= 4 is 23.2 Å². The summed E-state index contributed by atoms with van der Waals surface area (Å²) in [7, 11) is 1.66. The monoisotopic (exact) mass is 353 g/mol. The fourth-order valence-corrected chi connectivity index (χ4v) is 2.23. The highest BCUT2D eigenvalue weighted by Crippen LogP contribution is 2.11. The van der Waals surface area contributed by atoms with E-state index in [2.05, 4.69) is 16.6 Å². The van der Waals surface area contributed by atoms with Gasteiger partial charge in [0.25, 0.3) is 0 Å². The van der Waals surface area contributed by atoms with Gasteiger partial charge in [-0.1, -0.05) is 12.0 Å². The summed E-state index contributed by atoms with van der Waals surface area (Å²) < 4.78 is 13.1. The summed E-state index contributed by atoms with van der Waals surface area (Å²) in [5, 5.41) is 5.37. The average Bonchev–Trinajstić information content (AvgIpc) is 2.61. The van der Waals surface area contributed by atoms with E-state index < -0.39 is 11.9 Å². The highest BCUT2D eigenvalue weighted by atomic mass is 19.1. The van der Waals surface area contributed by atoms with Crippen LogP contribution in [0.2, 0.25) is 0 Å². The van der Waals surface area contributed by atoms with Gasteiger partial charge in [0.2, 0.25) is 11.8 Å². The third-order valence-corrected chi connectivity index (χ3v) is 3.86. The number of halogens is 1. The molecule has 6 heteroatoms. The molecule has 1 atom stereocenters. The van der Waals surface area contributed by atoms with Crippen LogP contribution in [0.15, 0.2) is 48.5 Å². The smallest absolute Gasteiger partial charge is 0.241 e. The van der Waals surface area contributed by atoms with E-state index in [4.69, 9.17) is 6.42 Å². The lowest BCUT2D eigenvalue weighted by Gasteiger charge is -2.23. The molecule has 134 valence electrons. The molecule has 0 saturated carbocycles. The number of anilines is 2. The molecule has 0 aliphatic rings. The average molecular weight is 353 g/mol. The second kappa shape index (κ2) is 8.79. The number of nitrogens with zero attached hydrogens (tertiary/aromatic N) is 1. The summed E-state index contributed by atoms with van der Waals surface area (Å²) in [5.74, 6) is 1.49. The normalized spacial score (nSPS) is 11.5. The van der Waals surface area contributed by atoms with Gasteiger partial charge in [0.15, 0.2) is 0 Å². The zero-order chi connectivity index (χ0) is 19.1. The summed E-state index contributed by atoms with van der Waals surface area (Å²) in [5.41, 5.74) is 1.72. The number of nitrogens with one attached hydrogen (secondary N) is 2. The predicted octanol–water partition coefficient (Wildman–Crippen LogP) is 2.70. The first-order valence-electron chi connectivity index (χ1n) is 8.02. The van der Waals surface area contributed by atoms with Crippen molar-refractivity contribution in [3.63, 3.8) is 0 Å². The molecule has 1 unspecified atom stereocenters. The molecule has 0 aliphatic heterocycles. The van der Waals surface area contributed by atoms with E-state index in [0.29, 0.717) is 11.4 Å². The Hall–Kier alpha value is -3.17. The first kappa shape index (κ1) is 19.2. The molecule has 0 aliphatic carbocycles. The maximum Gasteiger partial charge on any atom is 0.241 e. The van der Waals surface area contributed by atoms with Gasteiger partial charge in [-0.3, -0.25) is 14.5 Å². The summed E-state index contributed by atoms with van der Waals surface area (Å²) in [6, 6.07) is 12.0. The SMILES string of the molecule is C#Cc1ccc(NC(=O)C(C)N(C)CC(=O)Nc2cccc(F)c2)cc1. The number of terminal acetylenes is 1. The molecule has 0 heterocycles. The van der Waals surface area contributed by atoms with Crippen LogP contribution in [-0.2, 0) is 9.59 Å². The largest absolute Gasteiger partial charge is 0.325 e. The molecule has 0 bridgehead atoms. The number of carbonyl (C=O) groups excluding carboxylic acids is 2. The standard InChI is InChI=1S/C20H20FN3O2/c1-4-15-8-10-17(11-9-15)23-20(26)14(2)24(3)13-19(25)22-18-7-5-6-16(21)12-18/h1,5-12,14H,13H2,2-3H3,(H,22,25)(H,23,26). The predicted molar refractivity (Wildman–Crippen MR) is 100 cm³/mol. The number of likely N-dealkylation sites (N-methyl/N-ethyl adjacent to an activating group) is 1. The fourth-order valence-electron chi connectivity index (χ4n) is 2.23. The van der Waals surface area contributed by atoms with Crippen LogP contribution in [0.3, 0.4) is 0 Å². The molecule has 2 amide bonds. The Morgan fingerprint density at radius 2 is 1.85 bits per heavy atom. The minimum Gasteiger partial charge on any atom is -0.325 e. The molecular formula is C20H20FN3O2. The highest BCUT2D eigenvalue weighted by molar-refractivity contribution is 5.96. The van der Waals surface area contributed by atoms with Gasteiger partial charge >= 0.3 is 0 Å². The molecule has 0 fully saturated rings. The Bertz CT molecular complexity index is 828. The van der Waals surface area contributed by atoms with E-state index in [9.17, 15) is 14.0 Å². The Balaban J connectivity index is 1.88. The number of hydrogen-bond acceptors (Lipinski definition) is 3. The Morgan fingerprint density at radius 1 is 1.15 bits per heavy atom. The van der Waals surface area contributed by atoms with Gasteiger partial charge in [-0.2, -0.15) is 0 Å². The molecule has 2 N–H and O–H groups in total. The van der Waals surface area contributed by atoms with Crippen molar-refractivity contribution in [2.75, 3.05) is 24.2 Å². The Morgan fingerprint density at radius 3 is 2.46 bits per heavy atom. The maximum absolute atomic E-state index is 13.1. The van der Waals surface area contributed by atoms with E-state index in [0.717, 1.165) is 5.56 Å². The first-order valence-corrected chi connectivity index (χ1v) is 8.02. The number of benzene rings is 2. The maximum atomic E-state index is 13.1. The quantitative estimate of drug-likeness (QED) is 0.785. The van der Waals surface area contributed by atoms with Crippen LogP contribution in [0.5, 0.6) is 0 Å². The van der Waals surface area contributed by atoms with E-state index in [1.54, 1.807) is 49.2 Å². The number of amides is 2. The van der Waals surface area contributed by atoms with Gasteiger partial charge in [0.05, 0.1) is 12.6 Å². The summed E-state index contributed by atoms with van der Waals surface area (Å²) in [6.45, 7) is 1.68. The van der Waals surface area contributed by atoms with Gasteiger partial charge in [0, 0.05) is 16.9 Å². The topological polar surface area (TPSA) is 61.4 Å². The minimum absolute atomic E-state index is 0.0128. The number of hydrogen-bond donors (Lipinski definition) is 2. The van der Waals surface area contributed by atoms with E-state index in [-0.39, 0.29) is 18.4 Å². The van der Waals surface area contributed by atoms with E-state index in [1.807, 2.05) is 0 Å². The van der Waals surface area contributed by atoms with Gasteiger partial charge < -0.3 is 10.6 Å². The molecule has 2 rings (SSSR count). The second-order valence-electron chi connectivity index (χ2n) is 5.86. The summed E-state index contributed by atoms with van der Waals surface area (Å²) in [6.07, 6.45) is 5.30. The molecule has 0 saturated heterocycles. The lowest BCUT2D eigenvalue weighted by Crippen LogP contribution is -2.43. The lowest BCUT2D eigenvalue weighted by atomic mass is 10.2. The zero-order valence-electron chi connectivity index (χ0n) is 14.6. The zero-order valence-corrected chi connectivity index (χ0v) is 14.6. The molecule has 5 nitrogen and oxygen atoms in total. The van der Waals surface area contributed by atoms with Crippen LogP contribution in [0.25, 0.3) is 0 Å². The van der Waals surface area contributed by atoms with E-state index >= 15 is 0 Å². The van der Waals surface area contributed by atoms with Crippen molar-refractivity contribution in [1.82, 2.24) is 4.90 Å². The van der Waals surface area contributed by atoms with Crippen LogP contribution in [0, 0.1) is 18.2 Å². The first-order chi connectivity index (χ1) is 12.4. The molecule has 2 aromatic rings. The van der Waals surface area contributed by atoms with Crippen molar-refractivity contribution in [3.05, 3.63) is 59.9 Å². The number of carbonyl (C=O) groups is 2. The molecule has 2 aromatic carbocycles. The molecule has 26 heavy (non-hydrogen) atoms. The van der Waals surface area contributed by atoms with Crippen LogP contribution < -0.4 is 10.6 Å². The van der Waals surface area contributed by atoms with Gasteiger partial charge in [0.1, 0.15) is 5.82 Å². The van der Waals surface area contributed by atoms with Gasteiger partial charge in [-0.25, -0.2) is 4.39 Å². The summed E-state index contributed by atoms with van der Waals surface area (Å²) >= 11 is 0. The molecule has 0 aromatic heterocycles. The van der Waals surface area contributed by atoms with Crippen LogP contribution in [0.4, 0.5) is 15.8 Å². The fraction of sp³-hybridized carbons (Fsp3) is 0.200. The van der Waals surface area contributed by atoms with Gasteiger partial charge in [-0.15, -0.1) is 6.42 Å². The highest BCUT2D eigenvalue weighted by Gasteiger charge is 2.20. The molecule has 0 spiro atoms. The van der Waals surface area contributed by atoms with Crippen LogP contribution in [0.1, 0.15) is 12.5 Å². The van der Waals surface area contributed by atoms with E-state index in [1.165, 1.54) is 18.2 Å². The third kappa shape index (κ3) is 5.43. The Labute approximate surface area is 152 Å². The van der Waals surface area contributed by atoms with Gasteiger partial charge in [-0.05, 0) is 56.4 Å². The van der Waals surface area contributed by atoms with Crippen LogP contribution in [-0.4, -0.2) is 36.3 Å². The van der Waals surface area contributed by atoms with Crippen molar-refractivity contribution in [2.45, 2.75) is 13.0 Å².